The first-order chi connectivity index (χ1) is 13.0. The summed E-state index contributed by atoms with van der Waals surface area (Å²) in [7, 11) is 5.02. The summed E-state index contributed by atoms with van der Waals surface area (Å²) in [6.45, 7) is 1.35. The molecule has 140 valence electrons. The smallest absolute Gasteiger partial charge is 0.341 e. The second-order valence-electron chi connectivity index (χ2n) is 6.62. The zero-order valence-electron chi connectivity index (χ0n) is 15.8. The number of rotatable bonds is 6. The van der Waals surface area contributed by atoms with E-state index in [2.05, 4.69) is 7.05 Å². The minimum absolute atomic E-state index is 0.00497. The summed E-state index contributed by atoms with van der Waals surface area (Å²) in [5.41, 5.74) is 2.11. The minimum atomic E-state index is -0.535. The van der Waals surface area contributed by atoms with Gasteiger partial charge in [-0.15, -0.1) is 0 Å². The predicted molar refractivity (Wildman–Crippen MR) is 104 cm³/mol. The van der Waals surface area contributed by atoms with Crippen molar-refractivity contribution in [3.8, 4) is 11.5 Å². The van der Waals surface area contributed by atoms with Gasteiger partial charge in [0.05, 0.1) is 26.8 Å². The van der Waals surface area contributed by atoms with Gasteiger partial charge in [0.25, 0.3) is 0 Å². The first kappa shape index (κ1) is 18.7. The van der Waals surface area contributed by atoms with Crippen LogP contribution in [-0.4, -0.2) is 32.3 Å². The Bertz CT molecular complexity index is 950. The molecule has 3 aromatic rings. The van der Waals surface area contributed by atoms with Gasteiger partial charge >= 0.3 is 5.97 Å². The zero-order chi connectivity index (χ0) is 19.4. The Kier molecular flexibility index (Phi) is 5.62. The number of phenolic OH excluding ortho intramolecular Hbond substituents is 1. The van der Waals surface area contributed by atoms with Crippen LogP contribution < -0.4 is 9.64 Å². The maximum absolute atomic E-state index is 12.1. The average molecular weight is 366 g/mol. The molecule has 0 saturated heterocycles. The Morgan fingerprint density at radius 1 is 1.04 bits per heavy atom. The maximum atomic E-state index is 12.1. The number of ether oxygens (including phenoxy) is 2. The van der Waals surface area contributed by atoms with Crippen molar-refractivity contribution in [2.75, 3.05) is 21.3 Å². The number of methoxy groups -OCH3 is 2. The molecule has 5 heteroatoms. The Hall–Kier alpha value is -3.05. The highest BCUT2D eigenvalue weighted by atomic mass is 16.5. The van der Waals surface area contributed by atoms with Gasteiger partial charge in [0.15, 0.2) is 0 Å². The van der Waals surface area contributed by atoms with Crippen LogP contribution in [-0.2, 0) is 17.8 Å². The third kappa shape index (κ3) is 4.04. The molecule has 0 spiro atoms. The van der Waals surface area contributed by atoms with Crippen LogP contribution >= 0.6 is 0 Å². The number of esters is 1. The Morgan fingerprint density at radius 3 is 2.41 bits per heavy atom. The predicted octanol–water partition coefficient (Wildman–Crippen LogP) is 2.56. The second kappa shape index (κ2) is 8.10. The molecule has 1 atom stereocenters. The van der Waals surface area contributed by atoms with Gasteiger partial charge in [-0.25, -0.2) is 4.79 Å². The lowest BCUT2D eigenvalue weighted by Crippen LogP contribution is -3.06. The lowest BCUT2D eigenvalue weighted by molar-refractivity contribution is -0.907. The molecule has 3 aromatic carbocycles. The van der Waals surface area contributed by atoms with Gasteiger partial charge in [-0.3, -0.25) is 0 Å². The van der Waals surface area contributed by atoms with E-state index in [1.54, 1.807) is 13.2 Å². The van der Waals surface area contributed by atoms with E-state index >= 15 is 0 Å². The lowest BCUT2D eigenvalue weighted by atomic mass is 9.98. The van der Waals surface area contributed by atoms with E-state index in [1.165, 1.54) is 17.6 Å². The third-order valence-electron chi connectivity index (χ3n) is 4.68. The van der Waals surface area contributed by atoms with Gasteiger partial charge in [-0.1, -0.05) is 24.3 Å². The fourth-order valence-electron chi connectivity index (χ4n) is 3.31. The molecule has 2 N–H and O–H groups in total. The molecular weight excluding hydrogens is 342 g/mol. The van der Waals surface area contributed by atoms with Crippen LogP contribution in [0.25, 0.3) is 10.8 Å². The number of nitrogens with one attached hydrogen (secondary N) is 1. The van der Waals surface area contributed by atoms with Crippen molar-refractivity contribution in [2.45, 2.75) is 13.1 Å². The number of hydrogen-bond donors (Lipinski definition) is 2. The number of benzene rings is 3. The van der Waals surface area contributed by atoms with E-state index in [-0.39, 0.29) is 11.3 Å². The molecule has 0 bridgehead atoms. The molecule has 0 aliphatic carbocycles. The van der Waals surface area contributed by atoms with Crippen molar-refractivity contribution in [3.63, 3.8) is 0 Å². The van der Waals surface area contributed by atoms with Crippen LogP contribution in [0.15, 0.2) is 54.6 Å². The molecule has 0 fully saturated rings. The largest absolute Gasteiger partial charge is 0.507 e. The van der Waals surface area contributed by atoms with Gasteiger partial charge in [0, 0.05) is 5.56 Å². The summed E-state index contributed by atoms with van der Waals surface area (Å²) in [6.07, 6.45) is 0. The molecule has 1 unspecified atom stereocenters. The molecule has 0 aliphatic heterocycles. The number of aromatic hydroxyl groups is 1. The summed E-state index contributed by atoms with van der Waals surface area (Å²) in [6, 6.07) is 17.4. The second-order valence-corrected chi connectivity index (χ2v) is 6.62. The highest BCUT2D eigenvalue weighted by Gasteiger charge is 2.20. The fraction of sp³-hybridized carbons (Fsp3) is 0.227. The van der Waals surface area contributed by atoms with Crippen LogP contribution in [0.3, 0.4) is 0 Å². The monoisotopic (exact) mass is 366 g/mol. The molecule has 3 rings (SSSR count). The van der Waals surface area contributed by atoms with Crippen molar-refractivity contribution in [2.24, 2.45) is 0 Å². The molecular formula is C22H24NO4+. The quantitative estimate of drug-likeness (QED) is 0.659. The van der Waals surface area contributed by atoms with Gasteiger partial charge in [0.2, 0.25) is 0 Å². The van der Waals surface area contributed by atoms with E-state index < -0.39 is 5.97 Å². The summed E-state index contributed by atoms with van der Waals surface area (Å²) in [5, 5.41) is 12.6. The van der Waals surface area contributed by atoms with Crippen LogP contribution in [0.4, 0.5) is 0 Å². The Morgan fingerprint density at radius 2 is 1.74 bits per heavy atom. The first-order valence-corrected chi connectivity index (χ1v) is 8.79. The van der Waals surface area contributed by atoms with Crippen LogP contribution in [0.5, 0.6) is 11.5 Å². The molecule has 27 heavy (non-hydrogen) atoms. The lowest BCUT2D eigenvalue weighted by Gasteiger charge is -2.18. The van der Waals surface area contributed by atoms with Crippen molar-refractivity contribution in [1.29, 1.82) is 0 Å². The number of carbonyl (C=O) groups is 1. The number of carbonyl (C=O) groups excluding carboxylic acids is 1. The van der Waals surface area contributed by atoms with E-state index in [1.807, 2.05) is 48.5 Å². The SMILES string of the molecule is COC(=O)c1cc2ccccc2c(C[NH+](C)Cc2ccc(OC)cc2)c1O. The number of quaternary nitrogens is 1. The average Bonchev–Trinajstić information content (AvgIpc) is 2.70. The zero-order valence-corrected chi connectivity index (χ0v) is 15.8. The summed E-state index contributed by atoms with van der Waals surface area (Å²) in [5.74, 6) is 0.285. The van der Waals surface area contributed by atoms with Crippen LogP contribution in [0, 0.1) is 0 Å². The summed E-state index contributed by atoms with van der Waals surface area (Å²) >= 11 is 0. The van der Waals surface area contributed by atoms with E-state index in [4.69, 9.17) is 9.47 Å². The molecule has 0 radical (unpaired) electrons. The summed E-state index contributed by atoms with van der Waals surface area (Å²) < 4.78 is 10.0. The number of phenols is 1. The highest BCUT2D eigenvalue weighted by Crippen LogP contribution is 2.31. The standard InChI is InChI=1S/C22H23NO4/c1-23(13-15-8-10-17(26-2)11-9-15)14-20-18-7-5-4-6-16(18)12-19(21(20)24)22(25)27-3/h4-12,24H,13-14H2,1-3H3/p+1. The van der Waals surface area contributed by atoms with Crippen LogP contribution in [0.1, 0.15) is 21.5 Å². The van der Waals surface area contributed by atoms with Gasteiger partial charge in [-0.05, 0) is 41.1 Å². The molecule has 0 aromatic heterocycles. The van der Waals surface area contributed by atoms with Gasteiger partial charge in [0.1, 0.15) is 30.2 Å². The highest BCUT2D eigenvalue weighted by molar-refractivity contribution is 6.00. The normalized spacial score (nSPS) is 12.0. The van der Waals surface area contributed by atoms with E-state index in [0.29, 0.717) is 6.54 Å². The Labute approximate surface area is 158 Å². The van der Waals surface area contributed by atoms with Crippen molar-refractivity contribution >= 4 is 16.7 Å². The van der Waals surface area contributed by atoms with Crippen molar-refractivity contribution < 1.29 is 24.3 Å². The van der Waals surface area contributed by atoms with E-state index in [0.717, 1.165) is 28.6 Å². The molecule has 0 saturated carbocycles. The molecule has 0 aliphatic rings. The number of fused-ring (bicyclic) bond motifs is 1. The van der Waals surface area contributed by atoms with Gasteiger partial charge in [-0.2, -0.15) is 0 Å². The van der Waals surface area contributed by atoms with Crippen molar-refractivity contribution in [1.82, 2.24) is 0 Å². The third-order valence-corrected chi connectivity index (χ3v) is 4.68. The minimum Gasteiger partial charge on any atom is -0.507 e. The summed E-state index contributed by atoms with van der Waals surface area (Å²) in [4.78, 5) is 13.2. The first-order valence-electron chi connectivity index (χ1n) is 8.79. The Balaban J connectivity index is 1.92. The van der Waals surface area contributed by atoms with E-state index in [9.17, 15) is 9.90 Å². The molecule has 5 nitrogen and oxygen atoms in total. The van der Waals surface area contributed by atoms with Crippen molar-refractivity contribution in [3.05, 3.63) is 71.3 Å². The fourth-order valence-corrected chi connectivity index (χ4v) is 3.31. The topological polar surface area (TPSA) is 60.2 Å². The maximum Gasteiger partial charge on any atom is 0.341 e. The molecule has 0 heterocycles. The van der Waals surface area contributed by atoms with Gasteiger partial charge < -0.3 is 19.5 Å². The van der Waals surface area contributed by atoms with Crippen LogP contribution in [0.2, 0.25) is 0 Å². The molecule has 0 amide bonds. The number of hydrogen-bond acceptors (Lipinski definition) is 4.